The Labute approximate surface area is 205 Å². The first kappa shape index (κ1) is 20.4. The van der Waals surface area contributed by atoms with E-state index in [0.29, 0.717) is 5.78 Å². The zero-order valence-corrected chi connectivity index (χ0v) is 20.6. The lowest BCUT2D eigenvalue weighted by Crippen LogP contribution is -2.24. The summed E-state index contributed by atoms with van der Waals surface area (Å²) in [4.78, 5) is 14.3. The molecule has 0 heterocycles. The standard InChI is InChI=1S/C29H22Br2O/c30-19-13-9-17(10-14-19)25-27-23-7-3-1-5-21(23)22-6-2-4-8-24(22)28(27)26(29(25)32)18-11-15-20(31)16-12-18/h1,3-5,7-16,25-28H,2,6H2. The molecule has 0 saturated heterocycles. The molecular weight excluding hydrogens is 524 g/mol. The van der Waals surface area contributed by atoms with Crippen LogP contribution in [0.15, 0.2) is 99.5 Å². The summed E-state index contributed by atoms with van der Waals surface area (Å²) < 4.78 is 2.08. The van der Waals surface area contributed by atoms with Gasteiger partial charge in [0.05, 0.1) is 11.8 Å². The van der Waals surface area contributed by atoms with Gasteiger partial charge in [-0.3, -0.25) is 4.79 Å². The molecule has 0 radical (unpaired) electrons. The van der Waals surface area contributed by atoms with Crippen LogP contribution in [0.25, 0.3) is 5.57 Å². The fraction of sp³-hybridized carbons (Fsp3) is 0.207. The van der Waals surface area contributed by atoms with Crippen molar-refractivity contribution in [1.29, 1.82) is 0 Å². The second-order valence-corrected chi connectivity index (χ2v) is 10.8. The van der Waals surface area contributed by atoms with E-state index in [0.717, 1.165) is 32.9 Å². The Morgan fingerprint density at radius 3 is 1.97 bits per heavy atom. The molecule has 1 fully saturated rings. The summed E-state index contributed by atoms with van der Waals surface area (Å²) in [6.45, 7) is 0. The van der Waals surface area contributed by atoms with Gasteiger partial charge in [-0.05, 0) is 70.5 Å². The van der Waals surface area contributed by atoms with Crippen LogP contribution in [0.5, 0.6) is 0 Å². The highest BCUT2D eigenvalue weighted by Crippen LogP contribution is 2.61. The van der Waals surface area contributed by atoms with Crippen LogP contribution in [-0.2, 0) is 4.79 Å². The molecule has 0 spiro atoms. The maximum Gasteiger partial charge on any atom is 0.149 e. The van der Waals surface area contributed by atoms with Gasteiger partial charge < -0.3 is 0 Å². The quantitative estimate of drug-likeness (QED) is 0.317. The highest BCUT2D eigenvalue weighted by molar-refractivity contribution is 9.10. The van der Waals surface area contributed by atoms with E-state index in [2.05, 4.69) is 117 Å². The van der Waals surface area contributed by atoms with E-state index in [1.165, 1.54) is 22.3 Å². The highest BCUT2D eigenvalue weighted by Gasteiger charge is 2.55. The molecule has 158 valence electrons. The third kappa shape index (κ3) is 3.13. The van der Waals surface area contributed by atoms with Crippen LogP contribution in [0.2, 0.25) is 0 Å². The molecule has 0 N–H and O–H groups in total. The first-order chi connectivity index (χ1) is 15.6. The van der Waals surface area contributed by atoms with E-state index < -0.39 is 0 Å². The van der Waals surface area contributed by atoms with Gasteiger partial charge in [-0.2, -0.15) is 0 Å². The molecule has 3 aliphatic rings. The first-order valence-corrected chi connectivity index (χ1v) is 12.8. The molecule has 0 amide bonds. The second-order valence-electron chi connectivity index (χ2n) is 8.97. The number of ketones is 1. The zero-order valence-electron chi connectivity index (χ0n) is 17.5. The molecule has 6 rings (SSSR count). The summed E-state index contributed by atoms with van der Waals surface area (Å²) in [6.07, 6.45) is 6.73. The molecule has 4 atom stereocenters. The van der Waals surface area contributed by atoms with Gasteiger partial charge in [0.15, 0.2) is 0 Å². The molecule has 0 aliphatic heterocycles. The summed E-state index contributed by atoms with van der Waals surface area (Å²) >= 11 is 7.12. The van der Waals surface area contributed by atoms with Gasteiger partial charge in [-0.15, -0.1) is 0 Å². The van der Waals surface area contributed by atoms with Crippen molar-refractivity contribution in [3.05, 3.63) is 122 Å². The van der Waals surface area contributed by atoms with E-state index in [1.54, 1.807) is 0 Å². The number of rotatable bonds is 2. The molecule has 1 nitrogen and oxygen atoms in total. The maximum atomic E-state index is 14.3. The number of carbonyl (C=O) groups excluding carboxylic acids is 1. The van der Waals surface area contributed by atoms with Crippen molar-refractivity contribution < 1.29 is 4.79 Å². The number of Topliss-reactive ketones (excluding diaryl/α,β-unsaturated/α-hetero) is 1. The molecule has 1 saturated carbocycles. The third-order valence-corrected chi connectivity index (χ3v) is 8.44. The van der Waals surface area contributed by atoms with Crippen molar-refractivity contribution in [1.82, 2.24) is 0 Å². The van der Waals surface area contributed by atoms with Crippen molar-refractivity contribution in [2.24, 2.45) is 5.92 Å². The molecule has 32 heavy (non-hydrogen) atoms. The van der Waals surface area contributed by atoms with Gasteiger partial charge in [0.2, 0.25) is 0 Å². The normalized spacial score (nSPS) is 26.0. The zero-order chi connectivity index (χ0) is 21.8. The number of hydrogen-bond donors (Lipinski definition) is 0. The Balaban J connectivity index is 1.61. The summed E-state index contributed by atoms with van der Waals surface area (Å²) in [5, 5.41) is 0. The maximum absolute atomic E-state index is 14.3. The average Bonchev–Trinajstić information content (AvgIpc) is 3.13. The Morgan fingerprint density at radius 2 is 1.31 bits per heavy atom. The van der Waals surface area contributed by atoms with E-state index in [9.17, 15) is 4.79 Å². The van der Waals surface area contributed by atoms with Gasteiger partial charge in [0, 0.05) is 20.8 Å². The molecule has 3 aromatic carbocycles. The van der Waals surface area contributed by atoms with Crippen LogP contribution < -0.4 is 0 Å². The number of hydrogen-bond acceptors (Lipinski definition) is 1. The Hall–Kier alpha value is -2.23. The minimum atomic E-state index is -0.146. The molecule has 3 aromatic rings. The third-order valence-electron chi connectivity index (χ3n) is 7.39. The van der Waals surface area contributed by atoms with Gasteiger partial charge in [0.1, 0.15) is 5.78 Å². The van der Waals surface area contributed by atoms with Crippen molar-refractivity contribution in [3.8, 4) is 0 Å². The van der Waals surface area contributed by atoms with Crippen LogP contribution in [0.3, 0.4) is 0 Å². The number of benzene rings is 3. The van der Waals surface area contributed by atoms with Crippen LogP contribution in [0.1, 0.15) is 52.8 Å². The van der Waals surface area contributed by atoms with Gasteiger partial charge in [-0.25, -0.2) is 0 Å². The molecule has 0 bridgehead atoms. The number of fused-ring (bicyclic) bond motifs is 5. The lowest BCUT2D eigenvalue weighted by Gasteiger charge is -2.37. The predicted molar refractivity (Wildman–Crippen MR) is 137 cm³/mol. The summed E-state index contributed by atoms with van der Waals surface area (Å²) in [5.74, 6) is 0.371. The van der Waals surface area contributed by atoms with E-state index in [1.807, 2.05) is 0 Å². The van der Waals surface area contributed by atoms with Crippen molar-refractivity contribution in [3.63, 3.8) is 0 Å². The van der Waals surface area contributed by atoms with Gasteiger partial charge in [-0.1, -0.05) is 92.5 Å². The fourth-order valence-corrected chi connectivity index (χ4v) is 6.67. The largest absolute Gasteiger partial charge is 0.298 e. The Bertz CT molecular complexity index is 1270. The number of allylic oxidation sites excluding steroid dienone is 4. The van der Waals surface area contributed by atoms with Crippen molar-refractivity contribution >= 4 is 43.2 Å². The van der Waals surface area contributed by atoms with E-state index >= 15 is 0 Å². The van der Waals surface area contributed by atoms with E-state index in [-0.39, 0.29) is 23.7 Å². The minimum Gasteiger partial charge on any atom is -0.298 e. The smallest absolute Gasteiger partial charge is 0.149 e. The topological polar surface area (TPSA) is 17.1 Å². The molecule has 3 aliphatic carbocycles. The summed E-state index contributed by atoms with van der Waals surface area (Å²) in [5.41, 5.74) is 7.74. The van der Waals surface area contributed by atoms with Gasteiger partial charge in [0.25, 0.3) is 0 Å². The highest BCUT2D eigenvalue weighted by atomic mass is 79.9. The molecule has 3 heteroatoms. The van der Waals surface area contributed by atoms with Crippen molar-refractivity contribution in [2.75, 3.05) is 0 Å². The van der Waals surface area contributed by atoms with Crippen LogP contribution in [0, 0.1) is 5.92 Å². The SMILES string of the molecule is O=C1C(c2ccc(Br)cc2)C2C3=C(CCC=C3)c3ccccc3C2C1c1ccc(Br)cc1. The van der Waals surface area contributed by atoms with Gasteiger partial charge >= 0.3 is 0 Å². The average molecular weight is 546 g/mol. The Morgan fingerprint density at radius 1 is 0.719 bits per heavy atom. The number of carbonyl (C=O) groups is 1. The monoisotopic (exact) mass is 544 g/mol. The first-order valence-electron chi connectivity index (χ1n) is 11.2. The van der Waals surface area contributed by atoms with Crippen LogP contribution in [-0.4, -0.2) is 5.78 Å². The fourth-order valence-electron chi connectivity index (χ4n) is 6.14. The number of halogens is 2. The minimum absolute atomic E-state index is 0.136. The predicted octanol–water partition coefficient (Wildman–Crippen LogP) is 8.18. The summed E-state index contributed by atoms with van der Waals surface area (Å²) in [7, 11) is 0. The molecule has 0 aromatic heterocycles. The molecular formula is C29H22Br2O. The lowest BCUT2D eigenvalue weighted by atomic mass is 9.66. The van der Waals surface area contributed by atoms with Crippen LogP contribution in [0.4, 0.5) is 0 Å². The molecule has 4 unspecified atom stereocenters. The summed E-state index contributed by atoms with van der Waals surface area (Å²) in [6, 6.07) is 25.5. The lowest BCUT2D eigenvalue weighted by molar-refractivity contribution is -0.120. The van der Waals surface area contributed by atoms with Crippen molar-refractivity contribution in [2.45, 2.75) is 30.6 Å². The second kappa shape index (κ2) is 7.97. The van der Waals surface area contributed by atoms with Crippen LogP contribution >= 0.6 is 31.9 Å². The van der Waals surface area contributed by atoms with E-state index in [4.69, 9.17) is 0 Å². The Kier molecular flexibility index (Phi) is 5.07.